The van der Waals surface area contributed by atoms with Crippen LogP contribution in [0.4, 0.5) is 5.69 Å². The van der Waals surface area contributed by atoms with Gasteiger partial charge in [-0.15, -0.1) is 0 Å². The Morgan fingerprint density at radius 2 is 1.76 bits per heavy atom. The van der Waals surface area contributed by atoms with Crippen LogP contribution in [0.3, 0.4) is 0 Å². The molecule has 0 saturated carbocycles. The van der Waals surface area contributed by atoms with Crippen LogP contribution >= 0.6 is 23.2 Å². The van der Waals surface area contributed by atoms with Crippen LogP contribution in [0.25, 0.3) is 0 Å². The van der Waals surface area contributed by atoms with Crippen LogP contribution in [0, 0.1) is 0 Å². The van der Waals surface area contributed by atoms with Crippen LogP contribution in [0.5, 0.6) is 0 Å². The van der Waals surface area contributed by atoms with E-state index in [1.54, 1.807) is 52.2 Å². The lowest BCUT2D eigenvalue weighted by molar-refractivity contribution is 0.102. The van der Waals surface area contributed by atoms with Crippen LogP contribution in [-0.2, 0) is 13.1 Å². The van der Waals surface area contributed by atoms with Gasteiger partial charge in [0.25, 0.3) is 5.91 Å². The smallest absolute Gasteiger partial charge is 0.255 e. The van der Waals surface area contributed by atoms with E-state index in [0.717, 1.165) is 11.1 Å². The molecule has 146 valence electrons. The number of halogens is 2. The van der Waals surface area contributed by atoms with Gasteiger partial charge in [-0.05, 0) is 35.9 Å². The number of hydrogen-bond donors (Lipinski definition) is 1. The predicted molar refractivity (Wildman–Crippen MR) is 114 cm³/mol. The number of nitrogens with one attached hydrogen (secondary N) is 1. The third-order valence-electron chi connectivity index (χ3n) is 4.37. The molecule has 4 rings (SSSR count). The van der Waals surface area contributed by atoms with Crippen LogP contribution in [0.15, 0.2) is 73.3 Å². The lowest BCUT2D eigenvalue weighted by Gasteiger charge is -2.07. The summed E-state index contributed by atoms with van der Waals surface area (Å²) in [5.41, 5.74) is 2.93. The summed E-state index contributed by atoms with van der Waals surface area (Å²) >= 11 is 12.4. The van der Waals surface area contributed by atoms with Gasteiger partial charge >= 0.3 is 0 Å². The molecule has 1 N–H and O–H groups in total. The molecule has 0 aliphatic heterocycles. The van der Waals surface area contributed by atoms with E-state index in [1.165, 1.54) is 0 Å². The summed E-state index contributed by atoms with van der Waals surface area (Å²) < 4.78 is 3.48. The van der Waals surface area contributed by atoms with E-state index in [0.29, 0.717) is 34.4 Å². The maximum absolute atomic E-state index is 12.6. The Balaban J connectivity index is 1.44. The van der Waals surface area contributed by atoms with E-state index in [2.05, 4.69) is 15.5 Å². The number of aromatic nitrogens is 4. The van der Waals surface area contributed by atoms with Crippen LogP contribution in [0.1, 0.15) is 21.5 Å². The van der Waals surface area contributed by atoms with Crippen LogP contribution in [-0.4, -0.2) is 25.5 Å². The standard InChI is InChI=1S/C21H17Cl2N5O/c22-19-6-2-7-20(23)18(19)14-28-13-17(11-25-28)26-21(29)16-5-1-4-15(10-16)12-27-9-3-8-24-27/h1-11,13H,12,14H2,(H,26,29). The van der Waals surface area contributed by atoms with Crippen molar-refractivity contribution in [2.45, 2.75) is 13.1 Å². The van der Waals surface area contributed by atoms with E-state index in [4.69, 9.17) is 23.2 Å². The van der Waals surface area contributed by atoms with Crippen LogP contribution < -0.4 is 5.32 Å². The van der Waals surface area contributed by atoms with Gasteiger partial charge in [-0.2, -0.15) is 10.2 Å². The first-order valence-electron chi connectivity index (χ1n) is 8.91. The Labute approximate surface area is 177 Å². The molecule has 6 nitrogen and oxygen atoms in total. The molecule has 2 heterocycles. The molecule has 0 saturated heterocycles. The molecule has 0 spiro atoms. The first kappa shape index (κ1) is 19.2. The third kappa shape index (κ3) is 4.67. The molecule has 0 atom stereocenters. The predicted octanol–water partition coefficient (Wildman–Crippen LogP) is 4.74. The average molecular weight is 426 g/mol. The van der Waals surface area contributed by atoms with Gasteiger partial charge < -0.3 is 5.32 Å². The molecule has 1 amide bonds. The van der Waals surface area contributed by atoms with Gasteiger partial charge in [0.15, 0.2) is 0 Å². The molecule has 0 radical (unpaired) electrons. The van der Waals surface area contributed by atoms with Crippen molar-refractivity contribution in [3.63, 3.8) is 0 Å². The summed E-state index contributed by atoms with van der Waals surface area (Å²) in [6.45, 7) is 1.01. The summed E-state index contributed by atoms with van der Waals surface area (Å²) in [6.07, 6.45) is 6.94. The normalized spacial score (nSPS) is 10.8. The lowest BCUT2D eigenvalue weighted by Crippen LogP contribution is -2.12. The lowest BCUT2D eigenvalue weighted by atomic mass is 10.1. The fourth-order valence-electron chi connectivity index (χ4n) is 2.96. The minimum Gasteiger partial charge on any atom is -0.319 e. The number of carbonyl (C=O) groups is 1. The molecule has 2 aromatic heterocycles. The largest absolute Gasteiger partial charge is 0.319 e. The number of nitrogens with zero attached hydrogens (tertiary/aromatic N) is 4. The Hall–Kier alpha value is -3.09. The van der Waals surface area contributed by atoms with Gasteiger partial charge in [0.05, 0.1) is 25.0 Å². The molecule has 0 aliphatic carbocycles. The first-order chi connectivity index (χ1) is 14.1. The molecule has 4 aromatic rings. The van der Waals surface area contributed by atoms with E-state index in [9.17, 15) is 4.79 Å². The minimum absolute atomic E-state index is 0.206. The third-order valence-corrected chi connectivity index (χ3v) is 5.07. The van der Waals surface area contributed by atoms with Crippen molar-refractivity contribution in [2.24, 2.45) is 0 Å². The number of anilines is 1. The van der Waals surface area contributed by atoms with Crippen molar-refractivity contribution >= 4 is 34.8 Å². The van der Waals surface area contributed by atoms with E-state index in [1.807, 2.05) is 30.5 Å². The molecular formula is C21H17Cl2N5O. The highest BCUT2D eigenvalue weighted by atomic mass is 35.5. The average Bonchev–Trinajstić information content (AvgIpc) is 3.37. The first-order valence-corrected chi connectivity index (χ1v) is 9.67. The fraction of sp³-hybridized carbons (Fsp3) is 0.0952. The van der Waals surface area contributed by atoms with E-state index in [-0.39, 0.29) is 5.91 Å². The summed E-state index contributed by atoms with van der Waals surface area (Å²) in [5, 5.41) is 12.5. The van der Waals surface area contributed by atoms with Gasteiger partial charge in [-0.1, -0.05) is 41.4 Å². The second kappa shape index (κ2) is 8.51. The highest BCUT2D eigenvalue weighted by Gasteiger charge is 2.11. The molecule has 0 bridgehead atoms. The van der Waals surface area contributed by atoms with Gasteiger partial charge in [-0.25, -0.2) is 0 Å². The molecular weight excluding hydrogens is 409 g/mol. The maximum atomic E-state index is 12.6. The Morgan fingerprint density at radius 3 is 2.52 bits per heavy atom. The van der Waals surface area contributed by atoms with Crippen LogP contribution in [0.2, 0.25) is 10.0 Å². The Bertz CT molecular complexity index is 1120. The van der Waals surface area contributed by atoms with Gasteiger partial charge in [0, 0.05) is 39.8 Å². The van der Waals surface area contributed by atoms with Crippen molar-refractivity contribution in [2.75, 3.05) is 5.32 Å². The van der Waals surface area contributed by atoms with E-state index < -0.39 is 0 Å². The second-order valence-electron chi connectivity index (χ2n) is 6.48. The number of amides is 1. The van der Waals surface area contributed by atoms with Crippen molar-refractivity contribution in [3.8, 4) is 0 Å². The van der Waals surface area contributed by atoms with Gasteiger partial charge in [0.1, 0.15) is 0 Å². The monoisotopic (exact) mass is 425 g/mol. The summed E-state index contributed by atoms with van der Waals surface area (Å²) in [7, 11) is 0. The summed E-state index contributed by atoms with van der Waals surface area (Å²) in [6, 6.07) is 14.7. The minimum atomic E-state index is -0.206. The Kier molecular flexibility index (Phi) is 5.64. The van der Waals surface area contributed by atoms with Gasteiger partial charge in [0.2, 0.25) is 0 Å². The van der Waals surface area contributed by atoms with Gasteiger partial charge in [-0.3, -0.25) is 14.2 Å². The molecule has 29 heavy (non-hydrogen) atoms. The van der Waals surface area contributed by atoms with Crippen molar-refractivity contribution < 1.29 is 4.79 Å². The van der Waals surface area contributed by atoms with Crippen molar-refractivity contribution in [1.29, 1.82) is 0 Å². The number of hydrogen-bond acceptors (Lipinski definition) is 3. The zero-order valence-corrected chi connectivity index (χ0v) is 16.8. The van der Waals surface area contributed by atoms with Crippen molar-refractivity contribution in [1.82, 2.24) is 19.6 Å². The zero-order valence-electron chi connectivity index (χ0n) is 15.3. The summed E-state index contributed by atoms with van der Waals surface area (Å²) in [5.74, 6) is -0.206. The SMILES string of the molecule is O=C(Nc1cnn(Cc2c(Cl)cccc2Cl)c1)c1cccc(Cn2cccn2)c1. The van der Waals surface area contributed by atoms with E-state index >= 15 is 0 Å². The fourth-order valence-corrected chi connectivity index (χ4v) is 3.47. The molecule has 2 aromatic carbocycles. The molecule has 0 unspecified atom stereocenters. The topological polar surface area (TPSA) is 64.7 Å². The molecule has 8 heteroatoms. The molecule has 0 fully saturated rings. The highest BCUT2D eigenvalue weighted by molar-refractivity contribution is 6.35. The highest BCUT2D eigenvalue weighted by Crippen LogP contribution is 2.25. The quantitative estimate of drug-likeness (QED) is 0.485. The number of benzene rings is 2. The summed E-state index contributed by atoms with van der Waals surface area (Å²) in [4.78, 5) is 12.6. The molecule has 0 aliphatic rings. The number of carbonyl (C=O) groups excluding carboxylic acids is 1. The zero-order chi connectivity index (χ0) is 20.2. The second-order valence-corrected chi connectivity index (χ2v) is 7.30. The maximum Gasteiger partial charge on any atom is 0.255 e. The Morgan fingerprint density at radius 1 is 0.966 bits per heavy atom. The van der Waals surface area contributed by atoms with Crippen molar-refractivity contribution in [3.05, 3.63) is 100 Å². The number of rotatable bonds is 6.